The number of aliphatic hydroxyl groups is 1. The molecule has 0 atom stereocenters. The zero-order valence-electron chi connectivity index (χ0n) is 12.4. The van der Waals surface area contributed by atoms with Crippen molar-refractivity contribution in [1.29, 1.82) is 0 Å². The van der Waals surface area contributed by atoms with Gasteiger partial charge in [0.1, 0.15) is 5.82 Å². The third kappa shape index (κ3) is 4.19. The van der Waals surface area contributed by atoms with Crippen LogP contribution in [0.15, 0.2) is 0 Å². The molecule has 110 valence electrons. The molecular formula is C13H26N4O2. The topological polar surface area (TPSA) is 62.6 Å². The number of hydrogen-bond donors (Lipinski definition) is 2. The number of nitrogens with zero attached hydrogens (tertiary/aromatic N) is 3. The van der Waals surface area contributed by atoms with Gasteiger partial charge in [-0.05, 0) is 13.5 Å². The first-order chi connectivity index (χ1) is 9.15. The summed E-state index contributed by atoms with van der Waals surface area (Å²) < 4.78 is 7.02. The molecule has 0 saturated heterocycles. The Morgan fingerprint density at radius 1 is 1.42 bits per heavy atom. The van der Waals surface area contributed by atoms with Gasteiger partial charge >= 0.3 is 0 Å². The second kappa shape index (κ2) is 8.14. The van der Waals surface area contributed by atoms with Crippen molar-refractivity contribution in [3.63, 3.8) is 0 Å². The molecule has 1 rings (SSSR count). The number of ether oxygens (including phenoxy) is 1. The van der Waals surface area contributed by atoms with Crippen molar-refractivity contribution in [1.82, 2.24) is 15.1 Å². The van der Waals surface area contributed by atoms with Crippen molar-refractivity contribution >= 4 is 5.82 Å². The normalized spacial score (nSPS) is 11.0. The standard InChI is InChI=1S/C13H26N4O2/c1-5-14-10-12-11(2)15-16(3)13(12)17(6-8-18)7-9-19-4/h14,18H,5-10H2,1-4H3. The molecule has 1 aromatic heterocycles. The number of anilines is 1. The van der Waals surface area contributed by atoms with Gasteiger partial charge in [0.2, 0.25) is 0 Å². The number of hydrogen-bond acceptors (Lipinski definition) is 5. The fourth-order valence-electron chi connectivity index (χ4n) is 2.19. The summed E-state index contributed by atoms with van der Waals surface area (Å²) >= 11 is 0. The van der Waals surface area contributed by atoms with Gasteiger partial charge in [-0.3, -0.25) is 4.68 Å². The molecule has 0 bridgehead atoms. The quantitative estimate of drug-likeness (QED) is 0.675. The van der Waals surface area contributed by atoms with Crippen LogP contribution in [0.3, 0.4) is 0 Å². The Hall–Kier alpha value is -1.11. The monoisotopic (exact) mass is 270 g/mol. The van der Waals surface area contributed by atoms with Gasteiger partial charge in [0.25, 0.3) is 0 Å². The molecule has 0 aliphatic rings. The highest BCUT2D eigenvalue weighted by Crippen LogP contribution is 2.22. The molecule has 1 aromatic rings. The summed E-state index contributed by atoms with van der Waals surface area (Å²) in [6.07, 6.45) is 0. The van der Waals surface area contributed by atoms with Crippen LogP contribution in [0.1, 0.15) is 18.2 Å². The molecule has 2 N–H and O–H groups in total. The number of aliphatic hydroxyl groups excluding tert-OH is 1. The van der Waals surface area contributed by atoms with E-state index in [-0.39, 0.29) is 6.61 Å². The Morgan fingerprint density at radius 3 is 2.74 bits per heavy atom. The van der Waals surface area contributed by atoms with Gasteiger partial charge < -0.3 is 20.1 Å². The van der Waals surface area contributed by atoms with E-state index in [4.69, 9.17) is 4.74 Å². The van der Waals surface area contributed by atoms with Crippen LogP contribution in [0.2, 0.25) is 0 Å². The van der Waals surface area contributed by atoms with Gasteiger partial charge in [-0.15, -0.1) is 0 Å². The summed E-state index contributed by atoms with van der Waals surface area (Å²) in [5.41, 5.74) is 2.22. The number of nitrogens with one attached hydrogen (secondary N) is 1. The minimum atomic E-state index is 0.120. The molecule has 0 aromatic carbocycles. The van der Waals surface area contributed by atoms with E-state index in [1.54, 1.807) is 7.11 Å². The molecule has 6 heteroatoms. The molecule has 0 unspecified atom stereocenters. The molecular weight excluding hydrogens is 244 g/mol. The van der Waals surface area contributed by atoms with Gasteiger partial charge in [-0.2, -0.15) is 5.10 Å². The molecule has 0 aliphatic heterocycles. The second-order valence-corrected chi connectivity index (χ2v) is 4.49. The van der Waals surface area contributed by atoms with Crippen molar-refractivity contribution in [2.75, 3.05) is 44.9 Å². The van der Waals surface area contributed by atoms with E-state index in [0.29, 0.717) is 13.2 Å². The Balaban J connectivity index is 2.98. The average molecular weight is 270 g/mol. The van der Waals surface area contributed by atoms with Gasteiger partial charge in [0, 0.05) is 39.4 Å². The van der Waals surface area contributed by atoms with Crippen LogP contribution < -0.4 is 10.2 Å². The minimum absolute atomic E-state index is 0.120. The lowest BCUT2D eigenvalue weighted by atomic mass is 10.2. The van der Waals surface area contributed by atoms with Crippen molar-refractivity contribution < 1.29 is 9.84 Å². The minimum Gasteiger partial charge on any atom is -0.395 e. The largest absolute Gasteiger partial charge is 0.395 e. The number of aromatic nitrogens is 2. The van der Waals surface area contributed by atoms with Crippen LogP contribution in [0.5, 0.6) is 0 Å². The Kier molecular flexibility index (Phi) is 6.83. The van der Waals surface area contributed by atoms with Gasteiger partial charge in [0.15, 0.2) is 0 Å². The highest BCUT2D eigenvalue weighted by molar-refractivity contribution is 5.50. The summed E-state index contributed by atoms with van der Waals surface area (Å²) in [6, 6.07) is 0. The van der Waals surface area contributed by atoms with Crippen LogP contribution in [-0.4, -0.2) is 54.8 Å². The SMILES string of the molecule is CCNCc1c(C)nn(C)c1N(CCO)CCOC. The van der Waals surface area contributed by atoms with E-state index in [0.717, 1.165) is 31.1 Å². The molecule has 0 fully saturated rings. The van der Waals surface area contributed by atoms with E-state index in [9.17, 15) is 5.11 Å². The summed E-state index contributed by atoms with van der Waals surface area (Å²) in [4.78, 5) is 2.12. The smallest absolute Gasteiger partial charge is 0.131 e. The molecule has 1 heterocycles. The third-order valence-electron chi connectivity index (χ3n) is 3.10. The van der Waals surface area contributed by atoms with E-state index in [1.807, 2.05) is 18.7 Å². The van der Waals surface area contributed by atoms with E-state index in [2.05, 4.69) is 22.2 Å². The molecule has 19 heavy (non-hydrogen) atoms. The summed E-state index contributed by atoms with van der Waals surface area (Å²) in [5.74, 6) is 1.06. The number of methoxy groups -OCH3 is 1. The molecule has 0 radical (unpaired) electrons. The van der Waals surface area contributed by atoms with Crippen molar-refractivity contribution in [3.8, 4) is 0 Å². The van der Waals surface area contributed by atoms with Crippen LogP contribution in [0.4, 0.5) is 5.82 Å². The van der Waals surface area contributed by atoms with Crippen molar-refractivity contribution in [3.05, 3.63) is 11.3 Å². The summed E-state index contributed by atoms with van der Waals surface area (Å²) in [7, 11) is 3.63. The summed E-state index contributed by atoms with van der Waals surface area (Å²) in [6.45, 7) is 7.90. The lowest BCUT2D eigenvalue weighted by Crippen LogP contribution is -2.33. The number of rotatable bonds is 9. The maximum Gasteiger partial charge on any atom is 0.131 e. The highest BCUT2D eigenvalue weighted by Gasteiger charge is 2.18. The lowest BCUT2D eigenvalue weighted by Gasteiger charge is -2.25. The predicted molar refractivity (Wildman–Crippen MR) is 76.5 cm³/mol. The predicted octanol–water partition coefficient (Wildman–Crippen LogP) is 0.283. The fourth-order valence-corrected chi connectivity index (χ4v) is 2.19. The van der Waals surface area contributed by atoms with Crippen LogP contribution in [0, 0.1) is 6.92 Å². The lowest BCUT2D eigenvalue weighted by molar-refractivity contribution is 0.202. The van der Waals surface area contributed by atoms with Crippen LogP contribution in [-0.2, 0) is 18.3 Å². The maximum absolute atomic E-state index is 9.23. The molecule has 0 amide bonds. The van der Waals surface area contributed by atoms with Crippen LogP contribution >= 0.6 is 0 Å². The molecule has 0 aliphatic carbocycles. The highest BCUT2D eigenvalue weighted by atomic mass is 16.5. The second-order valence-electron chi connectivity index (χ2n) is 4.49. The summed E-state index contributed by atoms with van der Waals surface area (Å²) in [5, 5.41) is 17.1. The number of aryl methyl sites for hydroxylation is 2. The van der Waals surface area contributed by atoms with Crippen molar-refractivity contribution in [2.45, 2.75) is 20.4 Å². The Labute approximate surface area is 115 Å². The van der Waals surface area contributed by atoms with E-state index >= 15 is 0 Å². The Morgan fingerprint density at radius 2 is 2.16 bits per heavy atom. The van der Waals surface area contributed by atoms with E-state index < -0.39 is 0 Å². The van der Waals surface area contributed by atoms with Gasteiger partial charge in [-0.25, -0.2) is 0 Å². The first-order valence-corrected chi connectivity index (χ1v) is 6.73. The third-order valence-corrected chi connectivity index (χ3v) is 3.10. The van der Waals surface area contributed by atoms with Crippen molar-refractivity contribution in [2.24, 2.45) is 7.05 Å². The Bertz CT molecular complexity index is 379. The van der Waals surface area contributed by atoms with Gasteiger partial charge in [0.05, 0.1) is 18.9 Å². The van der Waals surface area contributed by atoms with E-state index in [1.165, 1.54) is 5.56 Å². The maximum atomic E-state index is 9.23. The van der Waals surface area contributed by atoms with Gasteiger partial charge in [-0.1, -0.05) is 6.92 Å². The molecule has 6 nitrogen and oxygen atoms in total. The zero-order chi connectivity index (χ0) is 14.3. The average Bonchev–Trinajstić information content (AvgIpc) is 2.66. The fraction of sp³-hybridized carbons (Fsp3) is 0.769. The molecule has 0 spiro atoms. The first kappa shape index (κ1) is 15.9. The zero-order valence-corrected chi connectivity index (χ0v) is 12.4. The van der Waals surface area contributed by atoms with Crippen LogP contribution in [0.25, 0.3) is 0 Å². The first-order valence-electron chi connectivity index (χ1n) is 6.73. The molecule has 0 saturated carbocycles.